The Labute approximate surface area is 204 Å². The fourth-order valence-electron chi connectivity index (χ4n) is 3.96. The van der Waals surface area contributed by atoms with Crippen molar-refractivity contribution in [1.29, 1.82) is 0 Å². The third-order valence-electron chi connectivity index (χ3n) is 5.66. The van der Waals surface area contributed by atoms with E-state index in [0.717, 1.165) is 35.6 Å². The van der Waals surface area contributed by atoms with Crippen molar-refractivity contribution in [3.63, 3.8) is 0 Å². The summed E-state index contributed by atoms with van der Waals surface area (Å²) in [6.45, 7) is 2.45. The standard InChI is InChI=1S/C26H21FN2O7/c1-2-13-36-19-10-3-15(4-11-19)24(31)22-23(16-5-12-21(30)20(14-16)29(34)35)28(26(33)25(22)32)18-8-6-17(27)7-9-18/h3-12,14,23,30-31H,2,13H2,1H3/b24-22-. The lowest BCUT2D eigenvalue weighted by atomic mass is 9.94. The van der Waals surface area contributed by atoms with E-state index in [0.29, 0.717) is 12.4 Å². The molecule has 10 heteroatoms. The molecule has 0 bridgehead atoms. The summed E-state index contributed by atoms with van der Waals surface area (Å²) >= 11 is 0. The van der Waals surface area contributed by atoms with Crippen molar-refractivity contribution < 1.29 is 33.9 Å². The Balaban J connectivity index is 1.90. The number of ketones is 1. The number of anilines is 1. The predicted octanol–water partition coefficient (Wildman–Crippen LogP) is 4.85. The minimum atomic E-state index is -1.29. The lowest BCUT2D eigenvalue weighted by molar-refractivity contribution is -0.385. The Morgan fingerprint density at radius 3 is 2.36 bits per heavy atom. The Bertz CT molecular complexity index is 1370. The van der Waals surface area contributed by atoms with E-state index < -0.39 is 45.7 Å². The van der Waals surface area contributed by atoms with Crippen LogP contribution in [0.15, 0.2) is 72.3 Å². The lowest BCUT2D eigenvalue weighted by Gasteiger charge is -2.25. The molecular formula is C26H21FN2O7. The number of hydrogen-bond acceptors (Lipinski definition) is 7. The number of aromatic hydroxyl groups is 1. The number of Topliss-reactive ketones (excluding diaryl/α,β-unsaturated/α-hetero) is 1. The van der Waals surface area contributed by atoms with Crippen molar-refractivity contribution in [3.8, 4) is 11.5 Å². The highest BCUT2D eigenvalue weighted by atomic mass is 19.1. The van der Waals surface area contributed by atoms with Crippen molar-refractivity contribution >= 4 is 28.8 Å². The van der Waals surface area contributed by atoms with E-state index in [1.54, 1.807) is 12.1 Å². The average molecular weight is 492 g/mol. The normalized spacial score (nSPS) is 16.8. The molecule has 4 rings (SSSR count). The van der Waals surface area contributed by atoms with Crippen LogP contribution in [0.1, 0.15) is 30.5 Å². The summed E-state index contributed by atoms with van der Waals surface area (Å²) in [6.07, 6.45) is 0.799. The fourth-order valence-corrected chi connectivity index (χ4v) is 3.96. The molecule has 0 spiro atoms. The van der Waals surface area contributed by atoms with Gasteiger partial charge in [0.1, 0.15) is 17.3 Å². The van der Waals surface area contributed by atoms with Crippen LogP contribution in [0.4, 0.5) is 15.8 Å². The molecule has 1 atom stereocenters. The van der Waals surface area contributed by atoms with Crippen LogP contribution in [0.2, 0.25) is 0 Å². The number of rotatable bonds is 7. The summed E-state index contributed by atoms with van der Waals surface area (Å²) in [6, 6.07) is 13.1. The quantitative estimate of drug-likeness (QED) is 0.158. The first kappa shape index (κ1) is 24.4. The first-order valence-electron chi connectivity index (χ1n) is 11.0. The molecule has 1 saturated heterocycles. The number of nitro groups is 1. The molecule has 9 nitrogen and oxygen atoms in total. The zero-order valence-corrected chi connectivity index (χ0v) is 19.1. The van der Waals surface area contributed by atoms with Gasteiger partial charge in [0, 0.05) is 17.3 Å². The molecule has 1 heterocycles. The molecule has 184 valence electrons. The van der Waals surface area contributed by atoms with E-state index in [1.807, 2.05) is 6.92 Å². The third kappa shape index (κ3) is 4.48. The van der Waals surface area contributed by atoms with Crippen molar-refractivity contribution in [2.75, 3.05) is 11.5 Å². The van der Waals surface area contributed by atoms with Crippen molar-refractivity contribution in [1.82, 2.24) is 0 Å². The molecule has 36 heavy (non-hydrogen) atoms. The molecule has 1 amide bonds. The molecule has 1 fully saturated rings. The minimum Gasteiger partial charge on any atom is -0.507 e. The van der Waals surface area contributed by atoms with E-state index in [4.69, 9.17) is 4.74 Å². The molecule has 0 saturated carbocycles. The lowest BCUT2D eigenvalue weighted by Crippen LogP contribution is -2.29. The highest BCUT2D eigenvalue weighted by molar-refractivity contribution is 6.51. The van der Waals surface area contributed by atoms with Crippen LogP contribution in [0.3, 0.4) is 0 Å². The Morgan fingerprint density at radius 1 is 1.08 bits per heavy atom. The number of hydrogen-bond donors (Lipinski definition) is 2. The van der Waals surface area contributed by atoms with Crippen molar-refractivity contribution in [3.05, 3.63) is 99.4 Å². The van der Waals surface area contributed by atoms with Gasteiger partial charge in [0.05, 0.1) is 23.1 Å². The molecular weight excluding hydrogens is 471 g/mol. The molecule has 3 aromatic rings. The van der Waals surface area contributed by atoms with Crippen LogP contribution in [-0.4, -0.2) is 33.4 Å². The molecule has 1 aliphatic rings. The molecule has 3 aromatic carbocycles. The number of phenolic OH excluding ortho intramolecular Hbond substituents is 1. The van der Waals surface area contributed by atoms with Gasteiger partial charge in [0.25, 0.3) is 11.7 Å². The Kier molecular flexibility index (Phi) is 6.69. The SMILES string of the molecule is CCCOc1ccc(/C(O)=C2/C(=O)C(=O)N(c3ccc(F)cc3)C2c2ccc(O)c([N+](=O)[O-])c2)cc1. The molecule has 1 unspecified atom stereocenters. The van der Waals surface area contributed by atoms with Crippen LogP contribution in [0.25, 0.3) is 5.76 Å². The van der Waals surface area contributed by atoms with Gasteiger partial charge in [-0.15, -0.1) is 0 Å². The van der Waals surface area contributed by atoms with Crippen molar-refractivity contribution in [2.24, 2.45) is 0 Å². The number of nitro benzene ring substituents is 1. The number of aliphatic hydroxyl groups excluding tert-OH is 1. The van der Waals surface area contributed by atoms with Gasteiger partial charge in [0.15, 0.2) is 5.75 Å². The van der Waals surface area contributed by atoms with Gasteiger partial charge in [-0.25, -0.2) is 4.39 Å². The average Bonchev–Trinajstić information content (AvgIpc) is 3.13. The van der Waals surface area contributed by atoms with Gasteiger partial charge in [-0.2, -0.15) is 0 Å². The summed E-state index contributed by atoms with van der Waals surface area (Å²) < 4.78 is 19.1. The number of carbonyl (C=O) groups is 2. The Hall–Kier alpha value is -4.73. The molecule has 2 N–H and O–H groups in total. The highest BCUT2D eigenvalue weighted by Crippen LogP contribution is 2.44. The molecule has 0 radical (unpaired) electrons. The van der Waals surface area contributed by atoms with E-state index in [-0.39, 0.29) is 22.4 Å². The zero-order chi connectivity index (χ0) is 26.0. The largest absolute Gasteiger partial charge is 0.507 e. The second-order valence-corrected chi connectivity index (χ2v) is 8.02. The summed E-state index contributed by atoms with van der Waals surface area (Å²) in [5.74, 6) is -3.16. The number of halogens is 1. The maximum Gasteiger partial charge on any atom is 0.311 e. The van der Waals surface area contributed by atoms with Gasteiger partial charge in [0.2, 0.25) is 0 Å². The van der Waals surface area contributed by atoms with Crippen molar-refractivity contribution in [2.45, 2.75) is 19.4 Å². The second-order valence-electron chi connectivity index (χ2n) is 8.02. The van der Waals surface area contributed by atoms with Crippen LogP contribution < -0.4 is 9.64 Å². The van der Waals surface area contributed by atoms with Crippen LogP contribution >= 0.6 is 0 Å². The smallest absolute Gasteiger partial charge is 0.311 e. The predicted molar refractivity (Wildman–Crippen MR) is 128 cm³/mol. The minimum absolute atomic E-state index is 0.0903. The number of carbonyl (C=O) groups excluding carboxylic acids is 2. The highest BCUT2D eigenvalue weighted by Gasteiger charge is 2.47. The number of benzene rings is 3. The summed E-state index contributed by atoms with van der Waals surface area (Å²) in [4.78, 5) is 37.9. The summed E-state index contributed by atoms with van der Waals surface area (Å²) in [5, 5.41) is 32.5. The van der Waals surface area contributed by atoms with Crippen LogP contribution in [-0.2, 0) is 9.59 Å². The number of nitrogens with zero attached hydrogens (tertiary/aromatic N) is 2. The van der Waals surface area contributed by atoms with Gasteiger partial charge < -0.3 is 14.9 Å². The number of aliphatic hydroxyl groups is 1. The van der Waals surface area contributed by atoms with Crippen LogP contribution in [0, 0.1) is 15.9 Å². The zero-order valence-electron chi connectivity index (χ0n) is 19.1. The number of ether oxygens (including phenoxy) is 1. The number of amides is 1. The molecule has 0 aromatic heterocycles. The summed E-state index contributed by atoms with van der Waals surface area (Å²) in [5.41, 5.74) is -0.510. The first-order chi connectivity index (χ1) is 17.2. The molecule has 0 aliphatic carbocycles. The van der Waals surface area contributed by atoms with E-state index in [9.17, 15) is 34.3 Å². The Morgan fingerprint density at radius 2 is 1.75 bits per heavy atom. The fraction of sp³-hybridized carbons (Fsp3) is 0.154. The monoisotopic (exact) mass is 492 g/mol. The first-order valence-corrected chi connectivity index (χ1v) is 11.0. The maximum absolute atomic E-state index is 13.6. The van der Waals surface area contributed by atoms with Gasteiger partial charge in [-0.05, 0) is 66.6 Å². The second kappa shape index (κ2) is 9.87. The maximum atomic E-state index is 13.6. The van der Waals surface area contributed by atoms with E-state index in [1.165, 1.54) is 30.3 Å². The topological polar surface area (TPSA) is 130 Å². The van der Waals surface area contributed by atoms with Crippen LogP contribution in [0.5, 0.6) is 11.5 Å². The van der Waals surface area contributed by atoms with Gasteiger partial charge >= 0.3 is 5.69 Å². The van der Waals surface area contributed by atoms with Gasteiger partial charge in [-0.1, -0.05) is 13.0 Å². The molecule has 1 aliphatic heterocycles. The third-order valence-corrected chi connectivity index (χ3v) is 5.66. The number of phenols is 1. The van der Waals surface area contributed by atoms with E-state index in [2.05, 4.69) is 0 Å². The van der Waals surface area contributed by atoms with E-state index >= 15 is 0 Å². The van der Waals surface area contributed by atoms with Gasteiger partial charge in [-0.3, -0.25) is 24.6 Å². The summed E-state index contributed by atoms with van der Waals surface area (Å²) in [7, 11) is 0.